The number of nitrogens with one attached hydrogen (secondary N) is 2. The van der Waals surface area contributed by atoms with Crippen molar-refractivity contribution in [1.29, 1.82) is 0 Å². The van der Waals surface area contributed by atoms with E-state index in [1.165, 1.54) is 24.3 Å². The van der Waals surface area contributed by atoms with E-state index in [0.29, 0.717) is 10.6 Å². The molecular formula is C21H21ClN2O5S. The number of aryl methyl sites for hydroxylation is 1. The van der Waals surface area contributed by atoms with Crippen LogP contribution >= 0.6 is 11.6 Å². The van der Waals surface area contributed by atoms with Crippen LogP contribution in [0.25, 0.3) is 0 Å². The van der Waals surface area contributed by atoms with Gasteiger partial charge in [-0.05, 0) is 43.7 Å². The van der Waals surface area contributed by atoms with Gasteiger partial charge in [-0.25, -0.2) is 18.0 Å². The highest BCUT2D eigenvalue weighted by Gasteiger charge is 2.35. The zero-order valence-corrected chi connectivity index (χ0v) is 18.0. The van der Waals surface area contributed by atoms with Gasteiger partial charge in [-0.3, -0.25) is 0 Å². The van der Waals surface area contributed by atoms with E-state index >= 15 is 0 Å². The molecule has 1 aliphatic heterocycles. The van der Waals surface area contributed by atoms with E-state index in [4.69, 9.17) is 16.3 Å². The van der Waals surface area contributed by atoms with Crippen LogP contribution in [0.15, 0.2) is 64.7 Å². The number of sulfone groups is 1. The van der Waals surface area contributed by atoms with E-state index in [2.05, 4.69) is 10.6 Å². The summed E-state index contributed by atoms with van der Waals surface area (Å²) in [5, 5.41) is 5.56. The van der Waals surface area contributed by atoms with E-state index in [9.17, 15) is 18.0 Å². The summed E-state index contributed by atoms with van der Waals surface area (Å²) >= 11 is 5.84. The van der Waals surface area contributed by atoms with Crippen LogP contribution in [0.4, 0.5) is 4.79 Å². The highest BCUT2D eigenvalue weighted by molar-refractivity contribution is 7.91. The molecule has 0 aliphatic carbocycles. The van der Waals surface area contributed by atoms with Crippen molar-refractivity contribution < 1.29 is 22.7 Å². The van der Waals surface area contributed by atoms with Gasteiger partial charge in [0, 0.05) is 10.7 Å². The second-order valence-corrected chi connectivity index (χ2v) is 9.19. The summed E-state index contributed by atoms with van der Waals surface area (Å²) in [4.78, 5) is 25.1. The average molecular weight is 449 g/mol. The molecule has 1 heterocycles. The van der Waals surface area contributed by atoms with Crippen LogP contribution in [-0.4, -0.2) is 32.8 Å². The Hall–Kier alpha value is -2.84. The molecule has 0 saturated carbocycles. The maximum absolute atomic E-state index is 12.9. The van der Waals surface area contributed by atoms with Gasteiger partial charge in [0.25, 0.3) is 0 Å². The minimum atomic E-state index is -3.86. The Balaban J connectivity index is 2.08. The summed E-state index contributed by atoms with van der Waals surface area (Å²) in [5.74, 6) is -1.27. The van der Waals surface area contributed by atoms with Crippen LogP contribution in [0.1, 0.15) is 24.1 Å². The number of rotatable bonds is 6. The largest absolute Gasteiger partial charge is 0.463 e. The van der Waals surface area contributed by atoms with E-state index in [1.807, 2.05) is 19.1 Å². The molecule has 7 nitrogen and oxygen atoms in total. The second-order valence-electron chi connectivity index (χ2n) is 6.77. The minimum Gasteiger partial charge on any atom is -0.463 e. The third-order valence-corrected chi connectivity index (χ3v) is 6.48. The van der Waals surface area contributed by atoms with Gasteiger partial charge in [0.05, 0.1) is 28.9 Å². The lowest BCUT2D eigenvalue weighted by molar-refractivity contribution is -0.139. The van der Waals surface area contributed by atoms with Gasteiger partial charge in [-0.1, -0.05) is 41.4 Å². The normalized spacial score (nSPS) is 16.6. The Morgan fingerprint density at radius 2 is 1.73 bits per heavy atom. The summed E-state index contributed by atoms with van der Waals surface area (Å²) in [6.45, 7) is 3.67. The molecular weight excluding hydrogens is 428 g/mol. The van der Waals surface area contributed by atoms with Crippen molar-refractivity contribution in [2.75, 3.05) is 12.4 Å². The van der Waals surface area contributed by atoms with E-state index in [0.717, 1.165) is 5.56 Å². The molecule has 0 radical (unpaired) electrons. The summed E-state index contributed by atoms with van der Waals surface area (Å²) in [5.41, 5.74) is 1.68. The minimum absolute atomic E-state index is 0.0160. The zero-order valence-electron chi connectivity index (χ0n) is 16.4. The molecule has 0 unspecified atom stereocenters. The van der Waals surface area contributed by atoms with Crippen LogP contribution in [0.2, 0.25) is 5.02 Å². The lowest BCUT2D eigenvalue weighted by Gasteiger charge is -2.29. The molecule has 1 aliphatic rings. The zero-order chi connectivity index (χ0) is 21.9. The smallest absolute Gasteiger partial charge is 0.338 e. The maximum Gasteiger partial charge on any atom is 0.338 e. The number of ether oxygens (including phenoxy) is 1. The first-order valence-corrected chi connectivity index (χ1v) is 11.3. The number of amides is 2. The molecule has 2 N–H and O–H groups in total. The highest BCUT2D eigenvalue weighted by atomic mass is 35.5. The predicted octanol–water partition coefficient (Wildman–Crippen LogP) is 3.29. The Kier molecular flexibility index (Phi) is 6.48. The Bertz CT molecular complexity index is 1090. The first-order chi connectivity index (χ1) is 14.2. The van der Waals surface area contributed by atoms with Gasteiger partial charge < -0.3 is 15.4 Å². The summed E-state index contributed by atoms with van der Waals surface area (Å²) in [6.07, 6.45) is 0. The fourth-order valence-corrected chi connectivity index (χ4v) is 4.56. The van der Waals surface area contributed by atoms with Crippen LogP contribution < -0.4 is 10.6 Å². The quantitative estimate of drug-likeness (QED) is 0.660. The lowest BCUT2D eigenvalue weighted by Crippen LogP contribution is -2.47. The number of esters is 1. The van der Waals surface area contributed by atoms with Gasteiger partial charge >= 0.3 is 12.0 Å². The molecule has 9 heteroatoms. The third kappa shape index (κ3) is 4.83. The molecule has 0 spiro atoms. The number of urea groups is 1. The fourth-order valence-electron chi connectivity index (χ4n) is 3.11. The lowest BCUT2D eigenvalue weighted by atomic mass is 9.95. The molecule has 2 aromatic carbocycles. The molecule has 2 aromatic rings. The van der Waals surface area contributed by atoms with Crippen molar-refractivity contribution >= 4 is 33.4 Å². The van der Waals surface area contributed by atoms with Crippen LogP contribution in [0.5, 0.6) is 0 Å². The second kappa shape index (κ2) is 8.89. The van der Waals surface area contributed by atoms with Gasteiger partial charge in [0.2, 0.25) is 0 Å². The number of halogens is 1. The van der Waals surface area contributed by atoms with E-state index in [1.54, 1.807) is 19.1 Å². The molecule has 0 bridgehead atoms. The van der Waals surface area contributed by atoms with Crippen molar-refractivity contribution in [2.24, 2.45) is 0 Å². The van der Waals surface area contributed by atoms with E-state index < -0.39 is 33.6 Å². The van der Waals surface area contributed by atoms with Crippen LogP contribution in [0.3, 0.4) is 0 Å². The predicted molar refractivity (Wildman–Crippen MR) is 113 cm³/mol. The monoisotopic (exact) mass is 448 g/mol. The summed E-state index contributed by atoms with van der Waals surface area (Å²) in [7, 11) is -3.86. The van der Waals surface area contributed by atoms with Crippen molar-refractivity contribution in [3.05, 3.63) is 76.0 Å². The molecule has 0 fully saturated rings. The molecule has 2 amide bonds. The standard InChI is InChI=1S/C21H21ClN2O5S/c1-3-29-20(25)18-17(12-30(27,28)16-10-8-15(22)9-11-16)23-21(26)24-19(18)14-6-4-13(2)5-7-14/h4-11,19H,3,12H2,1-2H3,(H2,23,24,26)/t19-/m0/s1. The number of benzene rings is 2. The summed E-state index contributed by atoms with van der Waals surface area (Å²) < 4.78 is 31.0. The van der Waals surface area contributed by atoms with Gasteiger partial charge in [0.15, 0.2) is 9.84 Å². The number of carbonyl (C=O) groups excluding carboxylic acids is 2. The topological polar surface area (TPSA) is 102 Å². The van der Waals surface area contributed by atoms with Gasteiger partial charge in [0.1, 0.15) is 0 Å². The van der Waals surface area contributed by atoms with Crippen molar-refractivity contribution in [3.8, 4) is 0 Å². The number of carbonyl (C=O) groups is 2. The molecule has 0 saturated heterocycles. The van der Waals surface area contributed by atoms with Gasteiger partial charge in [-0.15, -0.1) is 0 Å². The average Bonchev–Trinajstić information content (AvgIpc) is 2.68. The SMILES string of the molecule is CCOC(=O)C1=C(CS(=O)(=O)c2ccc(Cl)cc2)NC(=O)N[C@H]1c1ccc(C)cc1. The Morgan fingerprint density at radius 3 is 2.33 bits per heavy atom. The fraction of sp³-hybridized carbons (Fsp3) is 0.238. The Morgan fingerprint density at radius 1 is 1.10 bits per heavy atom. The Labute approximate surface area is 180 Å². The number of hydrogen-bond acceptors (Lipinski definition) is 5. The van der Waals surface area contributed by atoms with Crippen LogP contribution in [-0.2, 0) is 19.4 Å². The first-order valence-electron chi connectivity index (χ1n) is 9.24. The number of hydrogen-bond donors (Lipinski definition) is 2. The highest BCUT2D eigenvalue weighted by Crippen LogP contribution is 2.29. The third-order valence-electron chi connectivity index (χ3n) is 4.57. The molecule has 0 aromatic heterocycles. The van der Waals surface area contributed by atoms with Gasteiger partial charge in [-0.2, -0.15) is 0 Å². The summed E-state index contributed by atoms with van der Waals surface area (Å²) in [6, 6.07) is 11.5. The first kappa shape index (κ1) is 21.9. The molecule has 30 heavy (non-hydrogen) atoms. The van der Waals surface area contributed by atoms with Crippen LogP contribution in [0, 0.1) is 6.92 Å². The molecule has 158 valence electrons. The van der Waals surface area contributed by atoms with E-state index in [-0.39, 0.29) is 22.8 Å². The maximum atomic E-state index is 12.9. The van der Waals surface area contributed by atoms with Crippen molar-refractivity contribution in [1.82, 2.24) is 10.6 Å². The molecule has 1 atom stereocenters. The van der Waals surface area contributed by atoms with Crippen molar-refractivity contribution in [3.63, 3.8) is 0 Å². The van der Waals surface area contributed by atoms with Crippen molar-refractivity contribution in [2.45, 2.75) is 24.8 Å². The molecule has 3 rings (SSSR count).